The number of piperidine rings is 1. The van der Waals surface area contributed by atoms with E-state index in [4.69, 9.17) is 10.5 Å². The van der Waals surface area contributed by atoms with E-state index in [0.717, 1.165) is 24.8 Å². The first-order valence-corrected chi connectivity index (χ1v) is 10.5. The molecule has 0 saturated carbocycles. The van der Waals surface area contributed by atoms with Crippen LogP contribution in [0.3, 0.4) is 0 Å². The van der Waals surface area contributed by atoms with Gasteiger partial charge in [-0.15, -0.1) is 0 Å². The van der Waals surface area contributed by atoms with Crippen molar-refractivity contribution in [2.75, 3.05) is 13.1 Å². The number of primary amides is 1. The molecule has 2 rings (SSSR count). The van der Waals surface area contributed by atoms with Crippen molar-refractivity contribution in [2.45, 2.75) is 50.0 Å². The van der Waals surface area contributed by atoms with Crippen LogP contribution >= 0.6 is 0 Å². The van der Waals surface area contributed by atoms with Crippen molar-refractivity contribution in [1.29, 1.82) is 0 Å². The fourth-order valence-corrected chi connectivity index (χ4v) is 4.38. The molecule has 1 aromatic carbocycles. The number of amides is 3. The number of hydrogen-bond donors (Lipinski definition) is 2. The molecule has 1 fully saturated rings. The van der Waals surface area contributed by atoms with Gasteiger partial charge in [-0.05, 0) is 43.9 Å². The van der Waals surface area contributed by atoms with E-state index < -0.39 is 34.0 Å². The minimum absolute atomic E-state index is 0.00636. The molecule has 1 saturated heterocycles. The van der Waals surface area contributed by atoms with Crippen molar-refractivity contribution in [3.05, 3.63) is 29.8 Å². The Morgan fingerprint density at radius 2 is 1.75 bits per heavy atom. The lowest BCUT2D eigenvalue weighted by Gasteiger charge is -2.25. The summed E-state index contributed by atoms with van der Waals surface area (Å²) < 4.78 is 31.6. The van der Waals surface area contributed by atoms with Gasteiger partial charge in [-0.2, -0.15) is 4.31 Å². The molecular formula is C18H25N3O6S. The zero-order valence-corrected chi connectivity index (χ0v) is 16.5. The first kappa shape index (κ1) is 21.8. The molecule has 3 N–H and O–H groups in total. The first-order chi connectivity index (χ1) is 13.2. The largest absolute Gasteiger partial charge is 0.453 e. The summed E-state index contributed by atoms with van der Waals surface area (Å²) in [5.74, 6) is -1.41. The first-order valence-electron chi connectivity index (χ1n) is 9.09. The van der Waals surface area contributed by atoms with Gasteiger partial charge in [0.25, 0.3) is 5.91 Å². The van der Waals surface area contributed by atoms with Gasteiger partial charge in [-0.1, -0.05) is 18.6 Å². The van der Waals surface area contributed by atoms with Crippen LogP contribution in [-0.2, 0) is 30.8 Å². The number of nitrogens with one attached hydrogen (secondary N) is 1. The standard InChI is InChI=1S/C18H25N3O6S/c1-13(17(23)20-18(19)24)27-16(22)10-7-14-5-8-15(9-6-14)28(25,26)21-11-3-2-4-12-21/h5-6,8-9,13H,2-4,7,10-12H2,1H3,(H3,19,20,23,24)/t13-/m0/s1. The Morgan fingerprint density at radius 1 is 1.14 bits per heavy atom. The summed E-state index contributed by atoms with van der Waals surface area (Å²) in [5.41, 5.74) is 5.60. The minimum Gasteiger partial charge on any atom is -0.453 e. The van der Waals surface area contributed by atoms with Crippen LogP contribution in [0.25, 0.3) is 0 Å². The second-order valence-electron chi connectivity index (χ2n) is 6.59. The van der Waals surface area contributed by atoms with Crippen molar-refractivity contribution in [3.63, 3.8) is 0 Å². The second-order valence-corrected chi connectivity index (χ2v) is 8.53. The SMILES string of the molecule is C[C@H](OC(=O)CCc1ccc(S(=O)(=O)N2CCCCC2)cc1)C(=O)NC(N)=O. The number of imide groups is 1. The van der Waals surface area contributed by atoms with Gasteiger partial charge in [0.1, 0.15) is 0 Å². The van der Waals surface area contributed by atoms with Crippen LogP contribution in [0, 0.1) is 0 Å². The summed E-state index contributed by atoms with van der Waals surface area (Å²) in [6, 6.07) is 5.37. The molecule has 1 heterocycles. The smallest absolute Gasteiger partial charge is 0.318 e. The fraction of sp³-hybridized carbons (Fsp3) is 0.500. The lowest BCUT2D eigenvalue weighted by molar-refractivity contribution is -0.154. The molecule has 0 spiro atoms. The maximum atomic E-state index is 12.6. The molecule has 154 valence electrons. The van der Waals surface area contributed by atoms with Gasteiger partial charge in [-0.25, -0.2) is 13.2 Å². The van der Waals surface area contributed by atoms with Crippen LogP contribution in [-0.4, -0.2) is 49.8 Å². The van der Waals surface area contributed by atoms with Crippen molar-refractivity contribution in [3.8, 4) is 0 Å². The van der Waals surface area contributed by atoms with E-state index >= 15 is 0 Å². The molecule has 10 heteroatoms. The van der Waals surface area contributed by atoms with E-state index in [0.29, 0.717) is 19.5 Å². The Balaban J connectivity index is 1.87. The molecule has 1 atom stereocenters. The summed E-state index contributed by atoms with van der Waals surface area (Å²) in [6.45, 7) is 2.41. The van der Waals surface area contributed by atoms with E-state index in [-0.39, 0.29) is 11.3 Å². The number of sulfonamides is 1. The molecule has 0 radical (unpaired) electrons. The van der Waals surface area contributed by atoms with Gasteiger partial charge in [0, 0.05) is 19.5 Å². The maximum absolute atomic E-state index is 12.6. The third-order valence-electron chi connectivity index (χ3n) is 4.42. The molecule has 1 aliphatic rings. The number of esters is 1. The van der Waals surface area contributed by atoms with Crippen LogP contribution in [0.15, 0.2) is 29.2 Å². The number of hydrogen-bond acceptors (Lipinski definition) is 6. The summed E-state index contributed by atoms with van der Waals surface area (Å²) in [6.07, 6.45) is 1.98. The number of benzene rings is 1. The zero-order valence-electron chi connectivity index (χ0n) is 15.7. The summed E-state index contributed by atoms with van der Waals surface area (Å²) in [7, 11) is -3.49. The number of urea groups is 1. The number of nitrogens with zero attached hydrogens (tertiary/aromatic N) is 1. The van der Waals surface area contributed by atoms with Crippen LogP contribution < -0.4 is 11.1 Å². The molecular weight excluding hydrogens is 386 g/mol. The molecule has 0 aliphatic carbocycles. The Hall–Kier alpha value is -2.46. The molecule has 1 aliphatic heterocycles. The summed E-state index contributed by atoms with van der Waals surface area (Å²) >= 11 is 0. The molecule has 3 amide bonds. The predicted octanol–water partition coefficient (Wildman–Crippen LogP) is 0.920. The highest BCUT2D eigenvalue weighted by Crippen LogP contribution is 2.21. The molecule has 0 bridgehead atoms. The Morgan fingerprint density at radius 3 is 2.32 bits per heavy atom. The van der Waals surface area contributed by atoms with Gasteiger partial charge in [0.15, 0.2) is 6.10 Å². The van der Waals surface area contributed by atoms with Gasteiger partial charge in [0.05, 0.1) is 4.90 Å². The Labute approximate surface area is 164 Å². The van der Waals surface area contributed by atoms with Crippen LogP contribution in [0.1, 0.15) is 38.2 Å². The van der Waals surface area contributed by atoms with Gasteiger partial charge in [0.2, 0.25) is 10.0 Å². The van der Waals surface area contributed by atoms with Crippen LogP contribution in [0.4, 0.5) is 4.79 Å². The highest BCUT2D eigenvalue weighted by atomic mass is 32.2. The van der Waals surface area contributed by atoms with Gasteiger partial charge < -0.3 is 10.5 Å². The zero-order chi connectivity index (χ0) is 20.7. The van der Waals surface area contributed by atoms with E-state index in [1.165, 1.54) is 23.4 Å². The van der Waals surface area contributed by atoms with Crippen molar-refractivity contribution < 1.29 is 27.5 Å². The number of ether oxygens (including phenoxy) is 1. The van der Waals surface area contributed by atoms with E-state index in [1.54, 1.807) is 12.1 Å². The van der Waals surface area contributed by atoms with Crippen LogP contribution in [0.5, 0.6) is 0 Å². The number of rotatable bonds is 7. The highest BCUT2D eigenvalue weighted by molar-refractivity contribution is 7.89. The predicted molar refractivity (Wildman–Crippen MR) is 101 cm³/mol. The van der Waals surface area contributed by atoms with Gasteiger partial charge in [-0.3, -0.25) is 14.9 Å². The van der Waals surface area contributed by atoms with Gasteiger partial charge >= 0.3 is 12.0 Å². The van der Waals surface area contributed by atoms with E-state index in [1.807, 2.05) is 5.32 Å². The maximum Gasteiger partial charge on any atom is 0.318 e. The Kier molecular flexibility index (Phi) is 7.53. The molecule has 0 aromatic heterocycles. The van der Waals surface area contributed by atoms with Crippen molar-refractivity contribution in [1.82, 2.24) is 9.62 Å². The van der Waals surface area contributed by atoms with E-state index in [2.05, 4.69) is 0 Å². The highest BCUT2D eigenvalue weighted by Gasteiger charge is 2.25. The van der Waals surface area contributed by atoms with Crippen molar-refractivity contribution in [2.24, 2.45) is 5.73 Å². The normalized spacial score (nSPS) is 16.2. The minimum atomic E-state index is -3.49. The summed E-state index contributed by atoms with van der Waals surface area (Å²) in [5, 5.41) is 1.83. The average Bonchev–Trinajstić information content (AvgIpc) is 2.67. The second kappa shape index (κ2) is 9.65. The number of carbonyl (C=O) groups excluding carboxylic acids is 3. The monoisotopic (exact) mass is 411 g/mol. The topological polar surface area (TPSA) is 136 Å². The lowest BCUT2D eigenvalue weighted by Crippen LogP contribution is -2.42. The van der Waals surface area contributed by atoms with Crippen molar-refractivity contribution >= 4 is 27.9 Å². The number of nitrogens with two attached hydrogens (primary N) is 1. The fourth-order valence-electron chi connectivity index (χ4n) is 2.86. The Bertz CT molecular complexity index is 816. The molecule has 9 nitrogen and oxygen atoms in total. The average molecular weight is 411 g/mol. The third-order valence-corrected chi connectivity index (χ3v) is 6.33. The lowest BCUT2D eigenvalue weighted by atomic mass is 10.1. The van der Waals surface area contributed by atoms with Crippen LogP contribution in [0.2, 0.25) is 0 Å². The van der Waals surface area contributed by atoms with E-state index in [9.17, 15) is 22.8 Å². The molecule has 28 heavy (non-hydrogen) atoms. The molecule has 0 unspecified atom stereocenters. The third kappa shape index (κ3) is 6.03. The number of aryl methyl sites for hydroxylation is 1. The number of carbonyl (C=O) groups is 3. The quantitative estimate of drug-likeness (QED) is 0.640. The molecule has 1 aromatic rings. The summed E-state index contributed by atoms with van der Waals surface area (Å²) in [4.78, 5) is 34.2.